The van der Waals surface area contributed by atoms with Crippen LogP contribution in [0.2, 0.25) is 0 Å². The molecule has 6 nitrogen and oxygen atoms in total. The third-order valence-corrected chi connectivity index (χ3v) is 3.81. The zero-order chi connectivity index (χ0) is 15.2. The number of likely N-dealkylation sites (N-methyl/N-ethyl adjacent to an activating group) is 1. The number of anilines is 1. The summed E-state index contributed by atoms with van der Waals surface area (Å²) in [6.07, 6.45) is 0. The fourth-order valence-corrected chi connectivity index (χ4v) is 2.45. The van der Waals surface area contributed by atoms with Gasteiger partial charge in [0, 0.05) is 5.69 Å². The molecule has 1 aromatic carbocycles. The first-order chi connectivity index (χ1) is 10.1. The minimum absolute atomic E-state index is 0.00960. The molecule has 0 saturated carbocycles. The van der Waals surface area contributed by atoms with Crippen molar-refractivity contribution in [1.29, 1.82) is 0 Å². The van der Waals surface area contributed by atoms with Gasteiger partial charge in [0.05, 0.1) is 19.7 Å². The van der Waals surface area contributed by atoms with Crippen molar-refractivity contribution < 1.29 is 24.1 Å². The molecule has 0 bridgehead atoms. The fraction of sp³-hybridized carbons (Fsp3) is 0.467. The Labute approximate surface area is 124 Å². The SMILES string of the molecule is COC(=O)c1ccc(NC(=O)C[NH+]2CC[NH+](C)CC2)cc1. The molecule has 0 radical (unpaired) electrons. The summed E-state index contributed by atoms with van der Waals surface area (Å²) >= 11 is 0. The summed E-state index contributed by atoms with van der Waals surface area (Å²) in [6.45, 7) is 4.76. The van der Waals surface area contributed by atoms with Gasteiger partial charge in [0.2, 0.25) is 0 Å². The Kier molecular flexibility index (Phi) is 5.30. The van der Waals surface area contributed by atoms with Crippen molar-refractivity contribution in [3.63, 3.8) is 0 Å². The lowest BCUT2D eigenvalue weighted by molar-refractivity contribution is -0.999. The summed E-state index contributed by atoms with van der Waals surface area (Å²) in [5, 5.41) is 2.87. The number of methoxy groups -OCH3 is 1. The van der Waals surface area contributed by atoms with Gasteiger partial charge >= 0.3 is 5.97 Å². The van der Waals surface area contributed by atoms with E-state index in [0.29, 0.717) is 17.8 Å². The summed E-state index contributed by atoms with van der Waals surface area (Å²) in [6, 6.07) is 6.72. The Morgan fingerprint density at radius 3 is 2.33 bits per heavy atom. The van der Waals surface area contributed by atoms with E-state index in [2.05, 4.69) is 17.1 Å². The summed E-state index contributed by atoms with van der Waals surface area (Å²) in [7, 11) is 3.53. The molecule has 114 valence electrons. The second-order valence-corrected chi connectivity index (χ2v) is 5.50. The van der Waals surface area contributed by atoms with E-state index in [4.69, 9.17) is 0 Å². The average Bonchev–Trinajstić information content (AvgIpc) is 2.49. The third-order valence-electron chi connectivity index (χ3n) is 3.81. The van der Waals surface area contributed by atoms with E-state index < -0.39 is 0 Å². The molecule has 21 heavy (non-hydrogen) atoms. The zero-order valence-corrected chi connectivity index (χ0v) is 12.6. The van der Waals surface area contributed by atoms with Gasteiger partial charge in [-0.25, -0.2) is 4.79 Å². The maximum atomic E-state index is 12.0. The highest BCUT2D eigenvalue weighted by Gasteiger charge is 2.22. The van der Waals surface area contributed by atoms with Gasteiger partial charge < -0.3 is 19.9 Å². The highest BCUT2D eigenvalue weighted by molar-refractivity contribution is 5.93. The first kappa shape index (κ1) is 15.5. The van der Waals surface area contributed by atoms with Gasteiger partial charge in [-0.3, -0.25) is 4.79 Å². The molecule has 0 spiro atoms. The first-order valence-corrected chi connectivity index (χ1v) is 7.21. The Hall–Kier alpha value is -1.92. The standard InChI is InChI=1S/C15H21N3O3/c1-17-7-9-18(10-8-17)11-14(19)16-13-5-3-12(4-6-13)15(20)21-2/h3-6H,7-11H2,1-2H3,(H,16,19)/p+2. The second kappa shape index (κ2) is 7.19. The summed E-state index contributed by atoms with van der Waals surface area (Å²) in [4.78, 5) is 26.2. The second-order valence-electron chi connectivity index (χ2n) is 5.50. The molecule has 1 aromatic rings. The lowest BCUT2D eigenvalue weighted by Crippen LogP contribution is -3.27. The lowest BCUT2D eigenvalue weighted by atomic mass is 10.2. The molecule has 0 aliphatic carbocycles. The number of carbonyl (C=O) groups excluding carboxylic acids is 2. The molecule has 1 saturated heterocycles. The van der Waals surface area contributed by atoms with Crippen molar-refractivity contribution in [3.05, 3.63) is 29.8 Å². The maximum Gasteiger partial charge on any atom is 0.337 e. The molecular formula is C15H23N3O3+2. The predicted octanol–water partition coefficient (Wildman–Crippen LogP) is -2.18. The lowest BCUT2D eigenvalue weighted by Gasteiger charge is -2.26. The quantitative estimate of drug-likeness (QED) is 0.553. The van der Waals surface area contributed by atoms with E-state index in [1.165, 1.54) is 16.9 Å². The van der Waals surface area contributed by atoms with Crippen LogP contribution < -0.4 is 15.1 Å². The van der Waals surface area contributed by atoms with Crippen molar-refractivity contribution in [1.82, 2.24) is 0 Å². The number of nitrogens with one attached hydrogen (secondary N) is 3. The topological polar surface area (TPSA) is 64.3 Å². The summed E-state index contributed by atoms with van der Waals surface area (Å²) < 4.78 is 4.63. The Balaban J connectivity index is 1.83. The van der Waals surface area contributed by atoms with Gasteiger partial charge in [0.15, 0.2) is 6.54 Å². The number of benzene rings is 1. The fourth-order valence-electron chi connectivity index (χ4n) is 2.45. The predicted molar refractivity (Wildman–Crippen MR) is 78.6 cm³/mol. The number of rotatable bonds is 4. The van der Waals surface area contributed by atoms with Crippen molar-refractivity contribution >= 4 is 17.6 Å². The zero-order valence-electron chi connectivity index (χ0n) is 12.6. The Morgan fingerprint density at radius 1 is 1.14 bits per heavy atom. The minimum atomic E-state index is -0.378. The van der Waals surface area contributed by atoms with Gasteiger partial charge in [-0.05, 0) is 24.3 Å². The van der Waals surface area contributed by atoms with Crippen LogP contribution in [-0.4, -0.2) is 58.8 Å². The van der Waals surface area contributed by atoms with Crippen molar-refractivity contribution in [2.75, 3.05) is 52.2 Å². The van der Waals surface area contributed by atoms with E-state index in [-0.39, 0.29) is 11.9 Å². The summed E-state index contributed by atoms with van der Waals surface area (Å²) in [5.41, 5.74) is 1.18. The van der Waals surface area contributed by atoms with Gasteiger partial charge in [-0.1, -0.05) is 0 Å². The van der Waals surface area contributed by atoms with Crippen LogP contribution in [0.25, 0.3) is 0 Å². The molecule has 1 heterocycles. The minimum Gasteiger partial charge on any atom is -0.465 e. The number of hydrogen-bond donors (Lipinski definition) is 3. The van der Waals surface area contributed by atoms with Crippen LogP contribution in [-0.2, 0) is 9.53 Å². The van der Waals surface area contributed by atoms with Crippen LogP contribution in [0.4, 0.5) is 5.69 Å². The van der Waals surface area contributed by atoms with E-state index in [9.17, 15) is 9.59 Å². The number of piperazine rings is 1. The third kappa shape index (κ3) is 4.54. The molecule has 6 heteroatoms. The number of hydrogen-bond acceptors (Lipinski definition) is 3. The molecule has 0 unspecified atom stereocenters. The molecule has 0 aromatic heterocycles. The molecule has 3 N–H and O–H groups in total. The Bertz CT molecular complexity index is 493. The van der Waals surface area contributed by atoms with E-state index in [1.807, 2.05) is 0 Å². The highest BCUT2D eigenvalue weighted by atomic mass is 16.5. The van der Waals surface area contributed by atoms with Crippen molar-refractivity contribution in [2.45, 2.75) is 0 Å². The normalized spacial score (nSPS) is 21.6. The number of quaternary nitrogens is 2. The average molecular weight is 293 g/mol. The number of carbonyl (C=O) groups is 2. The largest absolute Gasteiger partial charge is 0.465 e. The van der Waals surface area contributed by atoms with Crippen LogP contribution in [0.15, 0.2) is 24.3 Å². The van der Waals surface area contributed by atoms with Crippen molar-refractivity contribution in [2.24, 2.45) is 0 Å². The molecule has 1 fully saturated rings. The number of amides is 1. The number of esters is 1. The van der Waals surface area contributed by atoms with E-state index >= 15 is 0 Å². The van der Waals surface area contributed by atoms with Crippen LogP contribution in [0, 0.1) is 0 Å². The smallest absolute Gasteiger partial charge is 0.337 e. The monoisotopic (exact) mass is 293 g/mol. The molecule has 1 aliphatic heterocycles. The molecule has 0 atom stereocenters. The van der Waals surface area contributed by atoms with Gasteiger partial charge in [0.25, 0.3) is 5.91 Å². The Morgan fingerprint density at radius 2 is 1.76 bits per heavy atom. The molecule has 1 aliphatic rings. The van der Waals surface area contributed by atoms with E-state index in [0.717, 1.165) is 26.2 Å². The molecular weight excluding hydrogens is 270 g/mol. The maximum absolute atomic E-state index is 12.0. The molecule has 2 rings (SSSR count). The van der Waals surface area contributed by atoms with E-state index in [1.54, 1.807) is 24.3 Å². The van der Waals surface area contributed by atoms with Gasteiger partial charge in [-0.2, -0.15) is 0 Å². The van der Waals surface area contributed by atoms with Crippen LogP contribution in [0.1, 0.15) is 10.4 Å². The van der Waals surface area contributed by atoms with Crippen molar-refractivity contribution in [3.8, 4) is 0 Å². The molecule has 1 amide bonds. The number of ether oxygens (including phenoxy) is 1. The van der Waals surface area contributed by atoms with Crippen LogP contribution in [0.3, 0.4) is 0 Å². The highest BCUT2D eigenvalue weighted by Crippen LogP contribution is 2.09. The summed E-state index contributed by atoms with van der Waals surface area (Å²) in [5.74, 6) is -0.368. The van der Waals surface area contributed by atoms with Gasteiger partial charge in [-0.15, -0.1) is 0 Å². The van der Waals surface area contributed by atoms with Crippen LogP contribution >= 0.6 is 0 Å². The first-order valence-electron chi connectivity index (χ1n) is 7.21. The van der Waals surface area contributed by atoms with Crippen LogP contribution in [0.5, 0.6) is 0 Å². The van der Waals surface area contributed by atoms with Gasteiger partial charge in [0.1, 0.15) is 26.2 Å².